The number of aromatic nitrogens is 4. The zero-order valence-corrected chi connectivity index (χ0v) is 12.5. The molecule has 3 heterocycles. The van der Waals surface area contributed by atoms with Crippen LogP contribution in [0.3, 0.4) is 0 Å². The maximum Gasteiger partial charge on any atom is 0.266 e. The predicted octanol–water partition coefficient (Wildman–Crippen LogP) is 1.59. The van der Waals surface area contributed by atoms with Crippen molar-refractivity contribution in [1.29, 1.82) is 0 Å². The largest absolute Gasteiger partial charge is 0.319 e. The van der Waals surface area contributed by atoms with Crippen LogP contribution in [-0.2, 0) is 7.05 Å². The fourth-order valence-corrected chi connectivity index (χ4v) is 3.26. The summed E-state index contributed by atoms with van der Waals surface area (Å²) in [4.78, 5) is 32.3. The molecule has 0 atom stereocenters. The summed E-state index contributed by atoms with van der Waals surface area (Å²) in [7, 11) is 1.77. The molecule has 3 aromatic heterocycles. The number of rotatable bonds is 2. The molecule has 0 spiro atoms. The molecular formula is C13H13N5O2S. The standard InChI is InChI=1S/C13H13N5O2S/c1-6-9-11(19)15-7(2)16-13(9)21-10(6)12(20)17-8-4-14-18(3)5-8/h4-5H,1-3H3,(H,17,20)(H,15,16,19). The average molecular weight is 303 g/mol. The van der Waals surface area contributed by atoms with E-state index >= 15 is 0 Å². The van der Waals surface area contributed by atoms with Gasteiger partial charge in [0.15, 0.2) is 0 Å². The molecule has 8 heteroatoms. The van der Waals surface area contributed by atoms with Gasteiger partial charge in [-0.05, 0) is 19.4 Å². The monoisotopic (exact) mass is 303 g/mol. The van der Waals surface area contributed by atoms with Crippen molar-refractivity contribution in [1.82, 2.24) is 19.7 Å². The fourth-order valence-electron chi connectivity index (χ4n) is 2.14. The molecule has 7 nitrogen and oxygen atoms in total. The molecule has 108 valence electrons. The van der Waals surface area contributed by atoms with Crippen molar-refractivity contribution in [3.63, 3.8) is 0 Å². The molecule has 2 N–H and O–H groups in total. The van der Waals surface area contributed by atoms with E-state index in [2.05, 4.69) is 20.4 Å². The van der Waals surface area contributed by atoms with E-state index in [9.17, 15) is 9.59 Å². The molecule has 0 saturated carbocycles. The van der Waals surface area contributed by atoms with E-state index in [4.69, 9.17) is 0 Å². The number of aromatic amines is 1. The Hall–Kier alpha value is -2.48. The van der Waals surface area contributed by atoms with Crippen molar-refractivity contribution in [2.24, 2.45) is 7.05 Å². The lowest BCUT2D eigenvalue weighted by molar-refractivity contribution is 0.103. The molecule has 0 aliphatic carbocycles. The number of anilines is 1. The summed E-state index contributed by atoms with van der Waals surface area (Å²) >= 11 is 1.22. The summed E-state index contributed by atoms with van der Waals surface area (Å²) < 4.78 is 1.60. The highest BCUT2D eigenvalue weighted by Gasteiger charge is 2.19. The Kier molecular flexibility index (Phi) is 3.09. The van der Waals surface area contributed by atoms with Gasteiger partial charge in [-0.3, -0.25) is 14.3 Å². The Balaban J connectivity index is 2.04. The minimum atomic E-state index is -0.263. The highest BCUT2D eigenvalue weighted by Crippen LogP contribution is 2.27. The number of nitrogens with one attached hydrogen (secondary N) is 2. The number of H-pyrrole nitrogens is 1. The molecule has 3 rings (SSSR count). The molecule has 0 radical (unpaired) electrons. The smallest absolute Gasteiger partial charge is 0.266 e. The Labute approximate surface area is 123 Å². The molecule has 1 amide bonds. The van der Waals surface area contributed by atoms with Crippen LogP contribution in [0.5, 0.6) is 0 Å². The van der Waals surface area contributed by atoms with Gasteiger partial charge in [0.1, 0.15) is 10.7 Å². The van der Waals surface area contributed by atoms with Gasteiger partial charge in [-0.1, -0.05) is 0 Å². The lowest BCUT2D eigenvalue weighted by Crippen LogP contribution is -2.12. The molecule has 0 fully saturated rings. The third-order valence-corrected chi connectivity index (χ3v) is 4.27. The van der Waals surface area contributed by atoms with Crippen molar-refractivity contribution in [2.45, 2.75) is 13.8 Å². The second kappa shape index (κ2) is 4.81. The Morgan fingerprint density at radius 1 is 1.43 bits per heavy atom. The van der Waals surface area contributed by atoms with Crippen LogP contribution in [0.4, 0.5) is 5.69 Å². The minimum Gasteiger partial charge on any atom is -0.319 e. The number of carbonyl (C=O) groups is 1. The van der Waals surface area contributed by atoms with Gasteiger partial charge in [0.2, 0.25) is 0 Å². The van der Waals surface area contributed by atoms with Crippen molar-refractivity contribution in [3.8, 4) is 0 Å². The predicted molar refractivity (Wildman–Crippen MR) is 80.9 cm³/mol. The number of thiophene rings is 1. The molecule has 0 unspecified atom stereocenters. The van der Waals surface area contributed by atoms with Crippen LogP contribution in [0.15, 0.2) is 17.2 Å². The summed E-state index contributed by atoms with van der Waals surface area (Å²) in [6.45, 7) is 3.47. The first-order valence-corrected chi connectivity index (χ1v) is 7.07. The lowest BCUT2D eigenvalue weighted by Gasteiger charge is -2.00. The van der Waals surface area contributed by atoms with Crippen LogP contribution in [0.1, 0.15) is 21.1 Å². The number of amides is 1. The first-order chi connectivity index (χ1) is 9.95. The zero-order chi connectivity index (χ0) is 15.1. The summed E-state index contributed by atoms with van der Waals surface area (Å²) in [5.74, 6) is 0.272. The molecule has 21 heavy (non-hydrogen) atoms. The molecular weight excluding hydrogens is 290 g/mol. The van der Waals surface area contributed by atoms with Gasteiger partial charge in [-0.25, -0.2) is 4.98 Å². The second-order valence-electron chi connectivity index (χ2n) is 4.74. The maximum absolute atomic E-state index is 12.3. The Bertz CT molecular complexity index is 905. The van der Waals surface area contributed by atoms with Gasteiger partial charge >= 0.3 is 0 Å². The quantitative estimate of drug-likeness (QED) is 0.752. The van der Waals surface area contributed by atoms with Crippen LogP contribution in [0.25, 0.3) is 10.2 Å². The van der Waals surface area contributed by atoms with Gasteiger partial charge in [-0.2, -0.15) is 5.10 Å². The minimum absolute atomic E-state index is 0.216. The van der Waals surface area contributed by atoms with Crippen LogP contribution in [-0.4, -0.2) is 25.7 Å². The third kappa shape index (κ3) is 2.33. The summed E-state index contributed by atoms with van der Waals surface area (Å²) in [5.41, 5.74) is 1.04. The molecule has 0 aliphatic heterocycles. The van der Waals surface area contributed by atoms with Gasteiger partial charge in [-0.15, -0.1) is 11.3 Å². The maximum atomic E-state index is 12.3. The fraction of sp³-hybridized carbons (Fsp3) is 0.231. The molecule has 0 aliphatic rings. The average Bonchev–Trinajstić information content (AvgIpc) is 2.93. The number of fused-ring (bicyclic) bond motifs is 1. The zero-order valence-electron chi connectivity index (χ0n) is 11.7. The van der Waals surface area contributed by atoms with E-state index in [-0.39, 0.29) is 11.5 Å². The number of nitrogens with zero attached hydrogens (tertiary/aromatic N) is 3. The third-order valence-electron chi connectivity index (χ3n) is 3.09. The SMILES string of the molecule is Cc1nc2sc(C(=O)Nc3cnn(C)c3)c(C)c2c(=O)[nH]1. The van der Waals surface area contributed by atoms with Crippen LogP contribution in [0, 0.1) is 13.8 Å². The summed E-state index contributed by atoms with van der Waals surface area (Å²) in [6, 6.07) is 0. The lowest BCUT2D eigenvalue weighted by atomic mass is 10.2. The highest BCUT2D eigenvalue weighted by molar-refractivity contribution is 7.20. The van der Waals surface area contributed by atoms with E-state index < -0.39 is 0 Å². The molecule has 3 aromatic rings. The Morgan fingerprint density at radius 3 is 2.86 bits per heavy atom. The number of aryl methyl sites for hydroxylation is 3. The molecule has 0 bridgehead atoms. The molecule has 0 aromatic carbocycles. The van der Waals surface area contributed by atoms with Gasteiger partial charge < -0.3 is 10.3 Å². The van der Waals surface area contributed by atoms with Gasteiger partial charge in [0.25, 0.3) is 11.5 Å². The first kappa shape index (κ1) is 13.5. The van der Waals surface area contributed by atoms with Crippen molar-refractivity contribution >= 4 is 33.1 Å². The van der Waals surface area contributed by atoms with Crippen LogP contribution < -0.4 is 10.9 Å². The van der Waals surface area contributed by atoms with E-state index in [1.165, 1.54) is 11.3 Å². The number of carbonyl (C=O) groups excluding carboxylic acids is 1. The van der Waals surface area contributed by atoms with E-state index in [0.29, 0.717) is 32.2 Å². The molecule has 0 saturated heterocycles. The van der Waals surface area contributed by atoms with Crippen molar-refractivity contribution in [2.75, 3.05) is 5.32 Å². The normalized spacial score (nSPS) is 11.0. The van der Waals surface area contributed by atoms with Gasteiger partial charge in [0.05, 0.1) is 22.1 Å². The second-order valence-corrected chi connectivity index (χ2v) is 5.74. The van der Waals surface area contributed by atoms with Crippen molar-refractivity contribution in [3.05, 3.63) is 39.0 Å². The highest BCUT2D eigenvalue weighted by atomic mass is 32.1. The first-order valence-electron chi connectivity index (χ1n) is 6.25. The summed E-state index contributed by atoms with van der Waals surface area (Å²) in [5, 5.41) is 7.23. The van der Waals surface area contributed by atoms with Crippen molar-refractivity contribution < 1.29 is 4.79 Å². The van der Waals surface area contributed by atoms with Crippen LogP contribution in [0.2, 0.25) is 0 Å². The van der Waals surface area contributed by atoms with E-state index in [1.807, 2.05) is 0 Å². The van der Waals surface area contributed by atoms with Crippen LogP contribution >= 0.6 is 11.3 Å². The number of hydrogen-bond donors (Lipinski definition) is 2. The van der Waals surface area contributed by atoms with E-state index in [1.54, 1.807) is 38.0 Å². The number of hydrogen-bond acceptors (Lipinski definition) is 5. The topological polar surface area (TPSA) is 92.7 Å². The summed E-state index contributed by atoms with van der Waals surface area (Å²) in [6.07, 6.45) is 3.27. The Morgan fingerprint density at radius 2 is 2.19 bits per heavy atom. The van der Waals surface area contributed by atoms with E-state index in [0.717, 1.165) is 0 Å². The van der Waals surface area contributed by atoms with Gasteiger partial charge in [0, 0.05) is 13.2 Å².